The molecule has 0 aromatic carbocycles. The third-order valence-electron chi connectivity index (χ3n) is 2.37. The Labute approximate surface area is 94.5 Å². The summed E-state index contributed by atoms with van der Waals surface area (Å²) in [4.78, 5) is 8.79. The third kappa shape index (κ3) is 1.97. The van der Waals surface area contributed by atoms with E-state index in [1.165, 1.54) is 0 Å². The highest BCUT2D eigenvalue weighted by Gasteiger charge is 2.12. The molecule has 0 aliphatic heterocycles. The van der Waals surface area contributed by atoms with Gasteiger partial charge in [-0.3, -0.25) is 0 Å². The summed E-state index contributed by atoms with van der Waals surface area (Å²) in [7, 11) is 0. The summed E-state index contributed by atoms with van der Waals surface area (Å²) in [5, 5.41) is 0. The molecular formula is C12H15N3O. The Balaban J connectivity index is 2.52. The van der Waals surface area contributed by atoms with Crippen LogP contribution in [0.5, 0.6) is 0 Å². The summed E-state index contributed by atoms with van der Waals surface area (Å²) in [6.07, 6.45) is 3.41. The van der Waals surface area contributed by atoms with Gasteiger partial charge in [0.1, 0.15) is 11.5 Å². The van der Waals surface area contributed by atoms with E-state index in [-0.39, 0.29) is 0 Å². The first-order chi connectivity index (χ1) is 7.72. The van der Waals surface area contributed by atoms with E-state index in [4.69, 9.17) is 10.2 Å². The maximum atomic E-state index is 5.66. The van der Waals surface area contributed by atoms with Crippen LogP contribution < -0.4 is 5.73 Å². The average molecular weight is 217 g/mol. The van der Waals surface area contributed by atoms with E-state index in [9.17, 15) is 0 Å². The van der Waals surface area contributed by atoms with E-state index in [1.54, 1.807) is 12.5 Å². The van der Waals surface area contributed by atoms with E-state index in [2.05, 4.69) is 23.8 Å². The minimum absolute atomic E-state index is 0.292. The standard InChI is InChI=1S/C12H15N3O/c1-8(2)12-14-7-9(6-13)11(15-12)10-4-3-5-16-10/h3-5,7-8H,6,13H2,1-2H3. The second-order valence-electron chi connectivity index (χ2n) is 3.94. The van der Waals surface area contributed by atoms with Gasteiger partial charge in [-0.1, -0.05) is 13.8 Å². The Bertz CT molecular complexity index is 463. The van der Waals surface area contributed by atoms with Crippen molar-refractivity contribution in [1.82, 2.24) is 9.97 Å². The zero-order valence-electron chi connectivity index (χ0n) is 9.47. The van der Waals surface area contributed by atoms with Gasteiger partial charge in [-0.15, -0.1) is 0 Å². The van der Waals surface area contributed by atoms with Gasteiger partial charge in [0.25, 0.3) is 0 Å². The molecule has 2 rings (SSSR count). The SMILES string of the molecule is CC(C)c1ncc(CN)c(-c2ccco2)n1. The van der Waals surface area contributed by atoms with Gasteiger partial charge in [-0.25, -0.2) is 9.97 Å². The number of aromatic nitrogens is 2. The number of hydrogen-bond acceptors (Lipinski definition) is 4. The lowest BCUT2D eigenvalue weighted by Crippen LogP contribution is -2.06. The van der Waals surface area contributed by atoms with Crippen molar-refractivity contribution in [1.29, 1.82) is 0 Å². The second kappa shape index (κ2) is 4.45. The molecule has 84 valence electrons. The van der Waals surface area contributed by atoms with Crippen molar-refractivity contribution in [2.45, 2.75) is 26.3 Å². The van der Waals surface area contributed by atoms with Gasteiger partial charge in [0.15, 0.2) is 5.76 Å². The topological polar surface area (TPSA) is 64.9 Å². The van der Waals surface area contributed by atoms with Crippen LogP contribution in [0, 0.1) is 0 Å². The highest BCUT2D eigenvalue weighted by molar-refractivity contribution is 5.56. The van der Waals surface area contributed by atoms with Gasteiger partial charge in [0.05, 0.1) is 6.26 Å². The smallest absolute Gasteiger partial charge is 0.152 e. The number of nitrogens with zero attached hydrogens (tertiary/aromatic N) is 2. The largest absolute Gasteiger partial charge is 0.463 e. The molecule has 0 spiro atoms. The lowest BCUT2D eigenvalue weighted by molar-refractivity contribution is 0.577. The molecule has 2 N–H and O–H groups in total. The highest BCUT2D eigenvalue weighted by atomic mass is 16.3. The molecule has 0 atom stereocenters. The van der Waals surface area contributed by atoms with Crippen molar-refractivity contribution in [3.05, 3.63) is 36.0 Å². The molecule has 2 aromatic rings. The van der Waals surface area contributed by atoms with Crippen LogP contribution in [0.4, 0.5) is 0 Å². The van der Waals surface area contributed by atoms with E-state index in [0.29, 0.717) is 12.5 Å². The summed E-state index contributed by atoms with van der Waals surface area (Å²) < 4.78 is 5.35. The summed E-state index contributed by atoms with van der Waals surface area (Å²) in [6.45, 7) is 4.53. The van der Waals surface area contributed by atoms with Crippen LogP contribution in [0.2, 0.25) is 0 Å². The molecule has 0 saturated heterocycles. The molecule has 0 aliphatic carbocycles. The average Bonchev–Trinajstić information content (AvgIpc) is 2.81. The fourth-order valence-electron chi connectivity index (χ4n) is 1.47. The summed E-state index contributed by atoms with van der Waals surface area (Å²) >= 11 is 0. The fraction of sp³-hybridized carbons (Fsp3) is 0.333. The molecule has 0 radical (unpaired) electrons. The van der Waals surface area contributed by atoms with E-state index >= 15 is 0 Å². The Kier molecular flexibility index (Phi) is 3.01. The second-order valence-corrected chi connectivity index (χ2v) is 3.94. The molecule has 0 aliphatic rings. The Morgan fingerprint density at radius 3 is 2.81 bits per heavy atom. The minimum atomic E-state index is 0.292. The maximum Gasteiger partial charge on any atom is 0.152 e. The number of nitrogens with two attached hydrogens (primary N) is 1. The van der Waals surface area contributed by atoms with Crippen molar-refractivity contribution in [3.63, 3.8) is 0 Å². The molecule has 16 heavy (non-hydrogen) atoms. The van der Waals surface area contributed by atoms with E-state index < -0.39 is 0 Å². The number of furan rings is 1. The number of hydrogen-bond donors (Lipinski definition) is 1. The number of rotatable bonds is 3. The normalized spacial score (nSPS) is 11.0. The van der Waals surface area contributed by atoms with Crippen molar-refractivity contribution >= 4 is 0 Å². The van der Waals surface area contributed by atoms with Gasteiger partial charge in [-0.2, -0.15) is 0 Å². The molecule has 0 unspecified atom stereocenters. The van der Waals surface area contributed by atoms with Crippen LogP contribution in [0.15, 0.2) is 29.0 Å². The Morgan fingerprint density at radius 2 is 2.25 bits per heavy atom. The van der Waals surface area contributed by atoms with E-state index in [1.807, 2.05) is 12.1 Å². The molecule has 0 bridgehead atoms. The molecule has 0 saturated carbocycles. The summed E-state index contributed by atoms with van der Waals surface area (Å²) in [5.41, 5.74) is 7.36. The summed E-state index contributed by atoms with van der Waals surface area (Å²) in [6, 6.07) is 3.72. The van der Waals surface area contributed by atoms with Gasteiger partial charge >= 0.3 is 0 Å². The minimum Gasteiger partial charge on any atom is -0.463 e. The molecule has 0 fully saturated rings. The predicted octanol–water partition coefficient (Wildman–Crippen LogP) is 2.32. The molecule has 4 heteroatoms. The van der Waals surface area contributed by atoms with Gasteiger partial charge in [0.2, 0.25) is 0 Å². The van der Waals surface area contributed by atoms with Gasteiger partial charge < -0.3 is 10.2 Å². The molecule has 2 heterocycles. The lowest BCUT2D eigenvalue weighted by Gasteiger charge is -2.08. The van der Waals surface area contributed by atoms with Gasteiger partial charge in [0, 0.05) is 24.2 Å². The van der Waals surface area contributed by atoms with Crippen molar-refractivity contribution in [2.24, 2.45) is 5.73 Å². The predicted molar refractivity (Wildman–Crippen MR) is 61.7 cm³/mol. The summed E-state index contributed by atoms with van der Waals surface area (Å²) in [5.74, 6) is 1.84. The van der Waals surface area contributed by atoms with Crippen LogP contribution in [-0.2, 0) is 6.54 Å². The fourth-order valence-corrected chi connectivity index (χ4v) is 1.47. The quantitative estimate of drug-likeness (QED) is 0.856. The molecular weight excluding hydrogens is 202 g/mol. The lowest BCUT2D eigenvalue weighted by atomic mass is 10.1. The van der Waals surface area contributed by atoms with Crippen LogP contribution in [0.3, 0.4) is 0 Å². The van der Waals surface area contributed by atoms with Crippen LogP contribution in [0.25, 0.3) is 11.5 Å². The van der Waals surface area contributed by atoms with Crippen molar-refractivity contribution < 1.29 is 4.42 Å². The first kappa shape index (κ1) is 10.8. The van der Waals surface area contributed by atoms with Crippen molar-refractivity contribution in [3.8, 4) is 11.5 Å². The molecule has 2 aromatic heterocycles. The zero-order chi connectivity index (χ0) is 11.5. The zero-order valence-corrected chi connectivity index (χ0v) is 9.47. The highest BCUT2D eigenvalue weighted by Crippen LogP contribution is 2.23. The van der Waals surface area contributed by atoms with Crippen LogP contribution in [0.1, 0.15) is 31.2 Å². The first-order valence-corrected chi connectivity index (χ1v) is 5.32. The molecule has 0 amide bonds. The molecule has 4 nitrogen and oxygen atoms in total. The van der Waals surface area contributed by atoms with Crippen LogP contribution >= 0.6 is 0 Å². The van der Waals surface area contributed by atoms with Crippen molar-refractivity contribution in [2.75, 3.05) is 0 Å². The first-order valence-electron chi connectivity index (χ1n) is 5.32. The van der Waals surface area contributed by atoms with Gasteiger partial charge in [-0.05, 0) is 12.1 Å². The monoisotopic (exact) mass is 217 g/mol. The van der Waals surface area contributed by atoms with E-state index in [0.717, 1.165) is 22.8 Å². The maximum absolute atomic E-state index is 5.66. The Hall–Kier alpha value is -1.68. The Morgan fingerprint density at radius 1 is 1.44 bits per heavy atom. The van der Waals surface area contributed by atoms with Crippen LogP contribution in [-0.4, -0.2) is 9.97 Å². The third-order valence-corrected chi connectivity index (χ3v) is 2.37.